The summed E-state index contributed by atoms with van der Waals surface area (Å²) in [4.78, 5) is 13.9. The first-order chi connectivity index (χ1) is 12.7. The van der Waals surface area contributed by atoms with Gasteiger partial charge in [0, 0.05) is 26.2 Å². The average molecular weight is 418 g/mol. The van der Waals surface area contributed by atoms with Gasteiger partial charge < -0.3 is 4.90 Å². The van der Waals surface area contributed by atoms with Gasteiger partial charge in [-0.2, -0.15) is 17.5 Å². The Bertz CT molecular complexity index is 904. The fourth-order valence-electron chi connectivity index (χ4n) is 2.86. The summed E-state index contributed by atoms with van der Waals surface area (Å²) in [5.74, 6) is -0.317. The van der Waals surface area contributed by atoms with Crippen LogP contribution in [0.3, 0.4) is 0 Å². The largest absolute Gasteiger partial charge is 0.416 e. The van der Waals surface area contributed by atoms with Crippen molar-refractivity contribution in [2.75, 3.05) is 26.2 Å². The van der Waals surface area contributed by atoms with Gasteiger partial charge in [0.1, 0.15) is 4.21 Å². The van der Waals surface area contributed by atoms with Gasteiger partial charge in [-0.25, -0.2) is 8.42 Å². The van der Waals surface area contributed by atoms with Gasteiger partial charge in [-0.1, -0.05) is 24.3 Å². The summed E-state index contributed by atoms with van der Waals surface area (Å²) in [7, 11) is -3.56. The van der Waals surface area contributed by atoms with Crippen LogP contribution in [-0.4, -0.2) is 49.7 Å². The zero-order valence-corrected chi connectivity index (χ0v) is 15.8. The number of carbonyl (C=O) groups is 1. The third-order valence-electron chi connectivity index (χ3n) is 4.29. The molecule has 1 amide bonds. The zero-order chi connectivity index (χ0) is 19.7. The zero-order valence-electron chi connectivity index (χ0n) is 14.1. The van der Waals surface area contributed by atoms with Crippen LogP contribution in [0, 0.1) is 0 Å². The molecule has 1 fully saturated rings. The number of thiophene rings is 1. The SMILES string of the molecule is O=C(Cc1cccc(C(F)(F)F)c1)N1CCN(S(=O)(=O)c2cccs2)CC1. The average Bonchev–Trinajstić information content (AvgIpc) is 3.17. The number of piperazine rings is 1. The number of benzene rings is 1. The van der Waals surface area contributed by atoms with Gasteiger partial charge in [-0.3, -0.25) is 4.79 Å². The van der Waals surface area contributed by atoms with Crippen LogP contribution in [0.1, 0.15) is 11.1 Å². The lowest BCUT2D eigenvalue weighted by Crippen LogP contribution is -2.50. The minimum Gasteiger partial charge on any atom is -0.340 e. The van der Waals surface area contributed by atoms with E-state index in [2.05, 4.69) is 0 Å². The first-order valence-electron chi connectivity index (χ1n) is 8.15. The topological polar surface area (TPSA) is 57.7 Å². The molecule has 5 nitrogen and oxygen atoms in total. The smallest absolute Gasteiger partial charge is 0.340 e. The van der Waals surface area contributed by atoms with Crippen LogP contribution in [0.4, 0.5) is 13.2 Å². The maximum Gasteiger partial charge on any atom is 0.416 e. The van der Waals surface area contributed by atoms with Crippen molar-refractivity contribution in [2.45, 2.75) is 16.8 Å². The molecular weight excluding hydrogens is 401 g/mol. The fourth-order valence-corrected chi connectivity index (χ4v) is 5.43. The number of nitrogens with zero attached hydrogens (tertiary/aromatic N) is 2. The Morgan fingerprint density at radius 1 is 1.07 bits per heavy atom. The van der Waals surface area contributed by atoms with Gasteiger partial charge >= 0.3 is 6.18 Å². The summed E-state index contributed by atoms with van der Waals surface area (Å²) in [6.45, 7) is 0.744. The second-order valence-electron chi connectivity index (χ2n) is 6.09. The molecule has 3 rings (SSSR count). The Labute approximate surface area is 159 Å². The molecule has 0 bridgehead atoms. The first kappa shape index (κ1) is 19.8. The molecule has 0 atom stereocenters. The van der Waals surface area contributed by atoms with E-state index >= 15 is 0 Å². The van der Waals surface area contributed by atoms with Crippen molar-refractivity contribution >= 4 is 27.3 Å². The van der Waals surface area contributed by atoms with E-state index in [9.17, 15) is 26.4 Å². The number of rotatable bonds is 4. The van der Waals surface area contributed by atoms with Crippen LogP contribution in [0.2, 0.25) is 0 Å². The summed E-state index contributed by atoms with van der Waals surface area (Å²) < 4.78 is 64.9. The Hall–Kier alpha value is -1.91. The second kappa shape index (κ2) is 7.61. The molecule has 0 saturated carbocycles. The predicted molar refractivity (Wildman–Crippen MR) is 94.8 cm³/mol. The van der Waals surface area contributed by atoms with E-state index in [4.69, 9.17) is 0 Å². The van der Waals surface area contributed by atoms with E-state index in [1.54, 1.807) is 11.4 Å². The van der Waals surface area contributed by atoms with Crippen molar-refractivity contribution in [3.63, 3.8) is 0 Å². The molecule has 0 aliphatic carbocycles. The van der Waals surface area contributed by atoms with Gasteiger partial charge in [-0.05, 0) is 23.1 Å². The molecule has 1 aromatic heterocycles. The third kappa shape index (κ3) is 4.50. The third-order valence-corrected chi connectivity index (χ3v) is 7.56. The molecule has 10 heteroatoms. The molecule has 1 saturated heterocycles. The van der Waals surface area contributed by atoms with Crippen molar-refractivity contribution < 1.29 is 26.4 Å². The number of halogens is 3. The van der Waals surface area contributed by atoms with Gasteiger partial charge in [0.15, 0.2) is 0 Å². The summed E-state index contributed by atoms with van der Waals surface area (Å²) in [6, 6.07) is 7.87. The summed E-state index contributed by atoms with van der Waals surface area (Å²) in [5, 5.41) is 1.68. The van der Waals surface area contributed by atoms with Crippen molar-refractivity contribution in [3.8, 4) is 0 Å². The molecule has 1 aliphatic heterocycles. The monoisotopic (exact) mass is 418 g/mol. The van der Waals surface area contributed by atoms with E-state index < -0.39 is 21.8 Å². The lowest BCUT2D eigenvalue weighted by Gasteiger charge is -2.33. The highest BCUT2D eigenvalue weighted by Crippen LogP contribution is 2.29. The van der Waals surface area contributed by atoms with Crippen LogP contribution >= 0.6 is 11.3 Å². The molecule has 27 heavy (non-hydrogen) atoms. The minimum absolute atomic E-state index is 0.151. The molecule has 1 aromatic carbocycles. The van der Waals surface area contributed by atoms with E-state index in [0.29, 0.717) is 0 Å². The molecule has 2 aromatic rings. The van der Waals surface area contributed by atoms with Crippen molar-refractivity contribution in [1.29, 1.82) is 0 Å². The number of amides is 1. The van der Waals surface area contributed by atoms with Crippen molar-refractivity contribution in [3.05, 3.63) is 52.9 Å². The van der Waals surface area contributed by atoms with E-state index in [1.165, 1.54) is 27.4 Å². The normalized spacial score (nSPS) is 16.5. The molecule has 2 heterocycles. The lowest BCUT2D eigenvalue weighted by molar-refractivity contribution is -0.138. The number of alkyl halides is 3. The Kier molecular flexibility index (Phi) is 5.59. The summed E-state index contributed by atoms with van der Waals surface area (Å²) in [6.07, 6.45) is -4.61. The van der Waals surface area contributed by atoms with Crippen LogP contribution in [0.25, 0.3) is 0 Å². The Morgan fingerprint density at radius 3 is 2.37 bits per heavy atom. The van der Waals surface area contributed by atoms with Gasteiger partial charge in [0.2, 0.25) is 5.91 Å². The maximum absolute atomic E-state index is 12.8. The molecular formula is C17H17F3N2O3S2. The highest BCUT2D eigenvalue weighted by molar-refractivity contribution is 7.91. The van der Waals surface area contributed by atoms with E-state index in [1.807, 2.05) is 0 Å². The van der Waals surface area contributed by atoms with Crippen LogP contribution in [-0.2, 0) is 27.4 Å². The Morgan fingerprint density at radius 2 is 1.78 bits per heavy atom. The molecule has 0 N–H and O–H groups in total. The van der Waals surface area contributed by atoms with Crippen LogP contribution in [0.5, 0.6) is 0 Å². The quantitative estimate of drug-likeness (QED) is 0.767. The fraction of sp³-hybridized carbons (Fsp3) is 0.353. The van der Waals surface area contributed by atoms with E-state index in [-0.39, 0.29) is 48.3 Å². The van der Waals surface area contributed by atoms with Crippen LogP contribution in [0.15, 0.2) is 46.0 Å². The van der Waals surface area contributed by atoms with Gasteiger partial charge in [-0.15, -0.1) is 11.3 Å². The standard InChI is InChI=1S/C17H17F3N2O3S2/c18-17(19,20)14-4-1-3-13(11-14)12-15(23)21-6-8-22(9-7-21)27(24,25)16-5-2-10-26-16/h1-5,10-11H,6-9,12H2. The summed E-state index contributed by atoms with van der Waals surface area (Å²) in [5.41, 5.74) is -0.511. The minimum atomic E-state index is -4.46. The van der Waals surface area contributed by atoms with E-state index in [0.717, 1.165) is 23.5 Å². The predicted octanol–water partition coefficient (Wildman–Crippen LogP) is 2.84. The molecule has 0 radical (unpaired) electrons. The second-order valence-corrected chi connectivity index (χ2v) is 9.20. The molecule has 146 valence electrons. The number of sulfonamides is 1. The maximum atomic E-state index is 12.8. The molecule has 0 spiro atoms. The highest BCUT2D eigenvalue weighted by Gasteiger charge is 2.32. The van der Waals surface area contributed by atoms with Gasteiger partial charge in [0.05, 0.1) is 12.0 Å². The Balaban J connectivity index is 1.61. The number of hydrogen-bond donors (Lipinski definition) is 0. The number of carbonyl (C=O) groups excluding carboxylic acids is 1. The molecule has 0 unspecified atom stereocenters. The van der Waals surface area contributed by atoms with Crippen molar-refractivity contribution in [1.82, 2.24) is 9.21 Å². The number of hydrogen-bond acceptors (Lipinski definition) is 4. The highest BCUT2D eigenvalue weighted by atomic mass is 32.2. The lowest BCUT2D eigenvalue weighted by atomic mass is 10.1. The first-order valence-corrected chi connectivity index (χ1v) is 10.5. The molecule has 1 aliphatic rings. The summed E-state index contributed by atoms with van der Waals surface area (Å²) >= 11 is 1.13. The van der Waals surface area contributed by atoms with Gasteiger partial charge in [0.25, 0.3) is 10.0 Å². The van der Waals surface area contributed by atoms with Crippen LogP contribution < -0.4 is 0 Å². The van der Waals surface area contributed by atoms with Crippen molar-refractivity contribution in [2.24, 2.45) is 0 Å².